The number of hydrogen-bond acceptors (Lipinski definition) is 2. The van der Waals surface area contributed by atoms with E-state index >= 15 is 0 Å². The summed E-state index contributed by atoms with van der Waals surface area (Å²) in [6.45, 7) is 22.4. The maximum absolute atomic E-state index is 11.7. The van der Waals surface area contributed by atoms with E-state index in [2.05, 4.69) is 172 Å². The third kappa shape index (κ3) is 6.23. The molecular weight excluding hydrogens is 597 g/mol. The van der Waals surface area contributed by atoms with Crippen LogP contribution in [0.2, 0.25) is 0 Å². The number of hydrogen-bond donors (Lipinski definition) is 2. The van der Waals surface area contributed by atoms with Crippen molar-refractivity contribution in [1.29, 1.82) is 0 Å². The van der Waals surface area contributed by atoms with E-state index in [4.69, 9.17) is 0 Å². The second kappa shape index (κ2) is 12.1. The molecule has 6 rings (SSSR count). The number of benzene rings is 6. The molecule has 0 fully saturated rings. The highest BCUT2D eigenvalue weighted by Gasteiger charge is 2.35. The first kappa shape index (κ1) is 34.3. The van der Waals surface area contributed by atoms with Crippen LogP contribution in [0.5, 0.6) is 11.5 Å². The average molecular weight is 649 g/mol. The van der Waals surface area contributed by atoms with Gasteiger partial charge >= 0.3 is 0 Å². The molecule has 1 unspecified atom stereocenters. The minimum atomic E-state index is -0.344. The van der Waals surface area contributed by atoms with Crippen LogP contribution in [0, 0.1) is 5.41 Å². The number of aromatic hydroxyl groups is 2. The zero-order valence-corrected chi connectivity index (χ0v) is 30.9. The van der Waals surface area contributed by atoms with Gasteiger partial charge in [-0.1, -0.05) is 166 Å². The molecule has 0 aliphatic rings. The highest BCUT2D eigenvalue weighted by molar-refractivity contribution is 6.03. The maximum Gasteiger partial charge on any atom is 0.119 e. The summed E-state index contributed by atoms with van der Waals surface area (Å²) in [6.07, 6.45) is 0. The lowest BCUT2D eigenvalue weighted by molar-refractivity contribution is 0.349. The van der Waals surface area contributed by atoms with Gasteiger partial charge < -0.3 is 10.2 Å². The Hall–Kier alpha value is -4.56. The highest BCUT2D eigenvalue weighted by atomic mass is 16.3. The summed E-state index contributed by atoms with van der Waals surface area (Å²) in [5.41, 5.74) is 6.96. The van der Waals surface area contributed by atoms with Crippen LogP contribution in [-0.2, 0) is 16.2 Å². The average Bonchev–Trinajstić information content (AvgIpc) is 3.04. The van der Waals surface area contributed by atoms with Gasteiger partial charge in [0.25, 0.3) is 0 Å². The quantitative estimate of drug-likeness (QED) is 0.176. The molecule has 1 atom stereocenters. The molecule has 0 spiro atoms. The number of phenols is 2. The van der Waals surface area contributed by atoms with E-state index in [1.54, 1.807) is 0 Å². The van der Waals surface area contributed by atoms with Crippen LogP contribution in [0.15, 0.2) is 115 Å². The van der Waals surface area contributed by atoms with Crippen LogP contribution in [0.1, 0.15) is 114 Å². The van der Waals surface area contributed by atoms with E-state index in [0.717, 1.165) is 16.7 Å². The van der Waals surface area contributed by atoms with Crippen LogP contribution in [0.25, 0.3) is 21.5 Å². The smallest absolute Gasteiger partial charge is 0.119 e. The molecule has 2 heteroatoms. The van der Waals surface area contributed by atoms with Crippen molar-refractivity contribution in [3.05, 3.63) is 154 Å². The van der Waals surface area contributed by atoms with Crippen molar-refractivity contribution in [3.63, 3.8) is 0 Å². The molecule has 252 valence electrons. The Balaban J connectivity index is 1.48. The standard InChI is InChI=1S/C47H52O2/c1-44(2,3)39-29-35(23-25-41(39)49)47(9,10)33-19-15-18-32(27-33)46(7,8)34-22-24-40(48)38(28-34)43(45(4,5)6)42-36-20-13-11-16-30(36)26-31-17-12-14-21-37(31)42/h11-29,43,48-49H,1-10H3. The van der Waals surface area contributed by atoms with Crippen LogP contribution in [0.3, 0.4) is 0 Å². The van der Waals surface area contributed by atoms with Crippen LogP contribution < -0.4 is 0 Å². The molecule has 0 saturated heterocycles. The van der Waals surface area contributed by atoms with Gasteiger partial charge in [0, 0.05) is 22.3 Å². The molecule has 2 N–H and O–H groups in total. The highest BCUT2D eigenvalue weighted by Crippen LogP contribution is 2.50. The van der Waals surface area contributed by atoms with Crippen LogP contribution >= 0.6 is 0 Å². The second-order valence-corrected chi connectivity index (χ2v) is 17.1. The van der Waals surface area contributed by atoms with Gasteiger partial charge in [-0.3, -0.25) is 0 Å². The van der Waals surface area contributed by atoms with Gasteiger partial charge in [-0.15, -0.1) is 0 Å². The molecule has 2 nitrogen and oxygen atoms in total. The molecule has 0 bridgehead atoms. The van der Waals surface area contributed by atoms with E-state index in [0.29, 0.717) is 11.5 Å². The van der Waals surface area contributed by atoms with Gasteiger partial charge in [0.2, 0.25) is 0 Å². The minimum Gasteiger partial charge on any atom is -0.508 e. The molecule has 0 radical (unpaired) electrons. The first-order valence-corrected chi connectivity index (χ1v) is 17.6. The Morgan fingerprint density at radius 2 is 0.918 bits per heavy atom. The van der Waals surface area contributed by atoms with Crippen molar-refractivity contribution >= 4 is 21.5 Å². The molecule has 0 aromatic heterocycles. The largest absolute Gasteiger partial charge is 0.508 e. The molecule has 49 heavy (non-hydrogen) atoms. The first-order valence-electron chi connectivity index (χ1n) is 17.6. The molecular formula is C47H52O2. The number of phenolic OH excluding ortho intramolecular Hbond substituents is 2. The minimum absolute atomic E-state index is 0.0592. The molecule has 0 aliphatic carbocycles. The Kier molecular flexibility index (Phi) is 8.47. The number of rotatable bonds is 6. The van der Waals surface area contributed by atoms with E-state index in [9.17, 15) is 10.2 Å². The first-order chi connectivity index (χ1) is 22.9. The summed E-state index contributed by atoms with van der Waals surface area (Å²) >= 11 is 0. The van der Waals surface area contributed by atoms with Gasteiger partial charge in [-0.25, -0.2) is 0 Å². The molecule has 6 aromatic carbocycles. The van der Waals surface area contributed by atoms with E-state index in [1.807, 2.05) is 12.1 Å². The Labute approximate surface area is 293 Å². The van der Waals surface area contributed by atoms with E-state index in [1.165, 1.54) is 43.8 Å². The Morgan fingerprint density at radius 1 is 0.449 bits per heavy atom. The van der Waals surface area contributed by atoms with Crippen molar-refractivity contribution in [3.8, 4) is 11.5 Å². The predicted molar refractivity (Wildman–Crippen MR) is 208 cm³/mol. The fraction of sp³-hybridized carbons (Fsp3) is 0.319. The zero-order chi connectivity index (χ0) is 35.5. The van der Waals surface area contributed by atoms with Crippen LogP contribution in [-0.4, -0.2) is 10.2 Å². The second-order valence-electron chi connectivity index (χ2n) is 17.1. The summed E-state index contributed by atoms with van der Waals surface area (Å²) in [5, 5.41) is 27.2. The van der Waals surface area contributed by atoms with Crippen molar-refractivity contribution in [2.24, 2.45) is 5.41 Å². The molecule has 0 saturated carbocycles. The van der Waals surface area contributed by atoms with Crippen molar-refractivity contribution < 1.29 is 10.2 Å². The van der Waals surface area contributed by atoms with Crippen LogP contribution in [0.4, 0.5) is 0 Å². The Bertz CT molecular complexity index is 2110. The molecule has 6 aromatic rings. The zero-order valence-electron chi connectivity index (χ0n) is 30.9. The lowest BCUT2D eigenvalue weighted by atomic mass is 9.68. The summed E-state index contributed by atoms with van der Waals surface area (Å²) in [4.78, 5) is 0. The lowest BCUT2D eigenvalue weighted by Crippen LogP contribution is -2.25. The third-order valence-electron chi connectivity index (χ3n) is 10.9. The summed E-state index contributed by atoms with van der Waals surface area (Å²) in [5.74, 6) is 0.611. The number of fused-ring (bicyclic) bond motifs is 2. The van der Waals surface area contributed by atoms with Crippen molar-refractivity contribution in [2.75, 3.05) is 0 Å². The summed E-state index contributed by atoms with van der Waals surface area (Å²) in [7, 11) is 0. The normalized spacial score (nSPS) is 13.6. The van der Waals surface area contributed by atoms with Crippen molar-refractivity contribution in [2.45, 2.75) is 91.4 Å². The molecule has 0 aliphatic heterocycles. The molecule has 0 amide bonds. The van der Waals surface area contributed by atoms with Crippen molar-refractivity contribution in [1.82, 2.24) is 0 Å². The fourth-order valence-electron chi connectivity index (χ4n) is 7.75. The van der Waals surface area contributed by atoms with Gasteiger partial charge in [0.05, 0.1) is 0 Å². The monoisotopic (exact) mass is 648 g/mol. The Morgan fingerprint density at radius 3 is 1.43 bits per heavy atom. The molecule has 0 heterocycles. The predicted octanol–water partition coefficient (Wildman–Crippen LogP) is 12.5. The van der Waals surface area contributed by atoms with Gasteiger partial charge in [-0.2, -0.15) is 0 Å². The van der Waals surface area contributed by atoms with Gasteiger partial charge in [0.1, 0.15) is 11.5 Å². The van der Waals surface area contributed by atoms with E-state index < -0.39 is 0 Å². The SMILES string of the molecule is CC(C)(C)c1cc(C(C)(C)c2cccc(C(C)(C)c3ccc(O)c(C(c4c5ccccc5cc5ccccc45)C(C)(C)C)c3)c2)ccc1O. The summed E-state index contributed by atoms with van der Waals surface area (Å²) < 4.78 is 0. The topological polar surface area (TPSA) is 40.5 Å². The lowest BCUT2D eigenvalue weighted by Gasteiger charge is -2.36. The maximum atomic E-state index is 11.7. The van der Waals surface area contributed by atoms with E-state index in [-0.39, 0.29) is 27.6 Å². The fourth-order valence-corrected chi connectivity index (χ4v) is 7.75. The summed E-state index contributed by atoms with van der Waals surface area (Å²) in [6, 6.07) is 40.8. The van der Waals surface area contributed by atoms with Gasteiger partial charge in [-0.05, 0) is 84.0 Å². The van der Waals surface area contributed by atoms with Gasteiger partial charge in [0.15, 0.2) is 0 Å². The third-order valence-corrected chi connectivity index (χ3v) is 10.9.